The zero-order valence-corrected chi connectivity index (χ0v) is 16.9. The molecular formula is C23H28N4O2. The van der Waals surface area contributed by atoms with Crippen LogP contribution >= 0.6 is 0 Å². The molecule has 152 valence electrons. The highest BCUT2D eigenvalue weighted by atomic mass is 16.5. The Hall–Kier alpha value is -2.54. The van der Waals surface area contributed by atoms with E-state index in [4.69, 9.17) is 4.52 Å². The average Bonchev–Trinajstić information content (AvgIpc) is 3.21. The maximum atomic E-state index is 9.56. The highest BCUT2D eigenvalue weighted by Crippen LogP contribution is 2.20. The molecule has 4 rings (SSSR count). The van der Waals surface area contributed by atoms with E-state index in [-0.39, 0.29) is 6.61 Å². The van der Waals surface area contributed by atoms with Gasteiger partial charge in [-0.3, -0.25) is 9.80 Å². The van der Waals surface area contributed by atoms with Crippen LogP contribution in [0.5, 0.6) is 0 Å². The quantitative estimate of drug-likeness (QED) is 0.666. The second-order valence-corrected chi connectivity index (χ2v) is 7.74. The minimum atomic E-state index is 0.196. The molecule has 1 unspecified atom stereocenters. The number of aromatic nitrogens is 2. The van der Waals surface area contributed by atoms with Gasteiger partial charge in [0.15, 0.2) is 0 Å². The van der Waals surface area contributed by atoms with E-state index < -0.39 is 0 Å². The predicted octanol–water partition coefficient (Wildman–Crippen LogP) is 3.11. The van der Waals surface area contributed by atoms with Crippen molar-refractivity contribution in [3.05, 3.63) is 71.6 Å². The van der Waals surface area contributed by atoms with Crippen LogP contribution in [0.3, 0.4) is 0 Å². The number of hydrogen-bond acceptors (Lipinski definition) is 6. The number of piperazine rings is 1. The minimum absolute atomic E-state index is 0.196. The van der Waals surface area contributed by atoms with Gasteiger partial charge in [0.25, 0.3) is 0 Å². The predicted molar refractivity (Wildman–Crippen MR) is 112 cm³/mol. The van der Waals surface area contributed by atoms with E-state index in [0.717, 1.165) is 38.2 Å². The number of aliphatic hydroxyl groups excluding tert-OH is 1. The molecule has 1 aromatic heterocycles. The van der Waals surface area contributed by atoms with Gasteiger partial charge in [-0.2, -0.15) is 4.98 Å². The molecule has 29 heavy (non-hydrogen) atoms. The van der Waals surface area contributed by atoms with Gasteiger partial charge in [0.2, 0.25) is 11.7 Å². The number of aliphatic hydroxyl groups is 1. The fourth-order valence-electron chi connectivity index (χ4n) is 3.87. The van der Waals surface area contributed by atoms with Crippen LogP contribution in [0.2, 0.25) is 0 Å². The summed E-state index contributed by atoms with van der Waals surface area (Å²) < 4.78 is 5.48. The topological polar surface area (TPSA) is 65.6 Å². The second-order valence-electron chi connectivity index (χ2n) is 7.74. The third-order valence-corrected chi connectivity index (χ3v) is 5.52. The molecule has 0 saturated carbocycles. The van der Waals surface area contributed by atoms with E-state index >= 15 is 0 Å². The normalized spacial score (nSPS) is 18.2. The van der Waals surface area contributed by atoms with Gasteiger partial charge in [-0.15, -0.1) is 0 Å². The maximum absolute atomic E-state index is 9.56. The lowest BCUT2D eigenvalue weighted by Crippen LogP contribution is -2.52. The van der Waals surface area contributed by atoms with Gasteiger partial charge in [-0.1, -0.05) is 65.3 Å². The zero-order chi connectivity index (χ0) is 20.1. The second kappa shape index (κ2) is 9.31. The summed E-state index contributed by atoms with van der Waals surface area (Å²) in [7, 11) is 0. The molecule has 6 heteroatoms. The SMILES string of the molecule is Cc1ccc(CN2CCN(Cc3nc(-c4ccccc4)no3)CC2CCO)cc1. The molecule has 6 nitrogen and oxygen atoms in total. The number of hydrogen-bond donors (Lipinski definition) is 1. The molecule has 0 aliphatic carbocycles. The van der Waals surface area contributed by atoms with Crippen LogP contribution in [0.1, 0.15) is 23.4 Å². The summed E-state index contributed by atoms with van der Waals surface area (Å²) in [4.78, 5) is 9.37. The van der Waals surface area contributed by atoms with E-state index in [2.05, 4.69) is 51.1 Å². The van der Waals surface area contributed by atoms with Crippen molar-refractivity contribution in [3.8, 4) is 11.4 Å². The molecule has 1 N–H and O–H groups in total. The largest absolute Gasteiger partial charge is 0.396 e. The first-order valence-corrected chi connectivity index (χ1v) is 10.2. The fraction of sp³-hybridized carbons (Fsp3) is 0.391. The Morgan fingerprint density at radius 2 is 1.83 bits per heavy atom. The molecule has 1 aliphatic heterocycles. The highest BCUT2D eigenvalue weighted by Gasteiger charge is 2.27. The lowest BCUT2D eigenvalue weighted by Gasteiger charge is -2.41. The lowest BCUT2D eigenvalue weighted by atomic mass is 10.1. The molecule has 2 heterocycles. The van der Waals surface area contributed by atoms with Crippen molar-refractivity contribution >= 4 is 0 Å². The maximum Gasteiger partial charge on any atom is 0.241 e. The molecule has 2 aromatic carbocycles. The van der Waals surface area contributed by atoms with Crippen molar-refractivity contribution in [1.29, 1.82) is 0 Å². The third kappa shape index (κ3) is 5.09. The zero-order valence-electron chi connectivity index (χ0n) is 16.9. The van der Waals surface area contributed by atoms with E-state index in [1.54, 1.807) is 0 Å². The Morgan fingerprint density at radius 1 is 1.03 bits per heavy atom. The molecular weight excluding hydrogens is 364 g/mol. The summed E-state index contributed by atoms with van der Waals surface area (Å²) in [5.74, 6) is 1.27. The van der Waals surface area contributed by atoms with Crippen LogP contribution in [0, 0.1) is 6.92 Å². The standard InChI is InChI=1S/C23H28N4O2/c1-18-7-9-19(10-8-18)15-27-13-12-26(16-21(27)11-14-28)17-22-24-23(25-29-22)20-5-3-2-4-6-20/h2-10,21,28H,11-17H2,1H3. The van der Waals surface area contributed by atoms with Gasteiger partial charge in [-0.25, -0.2) is 0 Å². The molecule has 1 atom stereocenters. The van der Waals surface area contributed by atoms with Crippen LogP contribution in [-0.2, 0) is 13.1 Å². The number of aryl methyl sites for hydroxylation is 1. The first kappa shape index (κ1) is 19.8. The Morgan fingerprint density at radius 3 is 2.59 bits per heavy atom. The average molecular weight is 393 g/mol. The molecule has 0 radical (unpaired) electrons. The number of nitrogens with zero attached hydrogens (tertiary/aromatic N) is 4. The van der Waals surface area contributed by atoms with Crippen LogP contribution in [-0.4, -0.2) is 57.3 Å². The Labute approximate surface area is 171 Å². The Bertz CT molecular complexity index is 895. The van der Waals surface area contributed by atoms with Gasteiger partial charge in [0.1, 0.15) is 0 Å². The summed E-state index contributed by atoms with van der Waals surface area (Å²) in [6.45, 7) is 6.64. The fourth-order valence-corrected chi connectivity index (χ4v) is 3.87. The van der Waals surface area contributed by atoms with E-state index in [9.17, 15) is 5.11 Å². The smallest absolute Gasteiger partial charge is 0.241 e. The van der Waals surface area contributed by atoms with Crippen molar-refractivity contribution in [2.45, 2.75) is 32.5 Å². The molecule has 1 saturated heterocycles. The van der Waals surface area contributed by atoms with Crippen molar-refractivity contribution in [2.75, 3.05) is 26.2 Å². The third-order valence-electron chi connectivity index (χ3n) is 5.52. The first-order valence-electron chi connectivity index (χ1n) is 10.2. The van der Waals surface area contributed by atoms with Crippen molar-refractivity contribution in [1.82, 2.24) is 19.9 Å². The molecule has 1 fully saturated rings. The van der Waals surface area contributed by atoms with Gasteiger partial charge in [-0.05, 0) is 18.9 Å². The van der Waals surface area contributed by atoms with E-state index in [1.807, 2.05) is 30.3 Å². The number of rotatable bonds is 7. The van der Waals surface area contributed by atoms with Gasteiger partial charge < -0.3 is 9.63 Å². The summed E-state index contributed by atoms with van der Waals surface area (Å²) in [6, 6.07) is 18.9. The summed E-state index contributed by atoms with van der Waals surface area (Å²) in [5, 5.41) is 13.7. The summed E-state index contributed by atoms with van der Waals surface area (Å²) in [6.07, 6.45) is 0.765. The first-order chi connectivity index (χ1) is 14.2. The summed E-state index contributed by atoms with van der Waals surface area (Å²) >= 11 is 0. The molecule has 0 amide bonds. The molecule has 3 aromatic rings. The van der Waals surface area contributed by atoms with Crippen molar-refractivity contribution in [3.63, 3.8) is 0 Å². The number of benzene rings is 2. The van der Waals surface area contributed by atoms with Crippen LogP contribution in [0.25, 0.3) is 11.4 Å². The Balaban J connectivity index is 1.38. The van der Waals surface area contributed by atoms with Crippen LogP contribution < -0.4 is 0 Å². The Kier molecular flexibility index (Phi) is 6.34. The highest BCUT2D eigenvalue weighted by molar-refractivity contribution is 5.53. The van der Waals surface area contributed by atoms with E-state index in [0.29, 0.717) is 24.3 Å². The summed E-state index contributed by atoms with van der Waals surface area (Å²) in [5.41, 5.74) is 3.56. The minimum Gasteiger partial charge on any atom is -0.396 e. The van der Waals surface area contributed by atoms with E-state index in [1.165, 1.54) is 11.1 Å². The monoisotopic (exact) mass is 392 g/mol. The van der Waals surface area contributed by atoms with Gasteiger partial charge in [0.05, 0.1) is 6.54 Å². The van der Waals surface area contributed by atoms with Crippen LogP contribution in [0.15, 0.2) is 59.1 Å². The molecule has 0 spiro atoms. The van der Waals surface area contributed by atoms with Gasteiger partial charge >= 0.3 is 0 Å². The van der Waals surface area contributed by atoms with Crippen molar-refractivity contribution < 1.29 is 9.63 Å². The van der Waals surface area contributed by atoms with Gasteiger partial charge in [0, 0.05) is 44.4 Å². The molecule has 0 bridgehead atoms. The lowest BCUT2D eigenvalue weighted by molar-refractivity contribution is 0.0450. The van der Waals surface area contributed by atoms with Crippen LogP contribution in [0.4, 0.5) is 0 Å². The van der Waals surface area contributed by atoms with Crippen molar-refractivity contribution in [2.24, 2.45) is 0 Å². The molecule has 1 aliphatic rings.